The lowest BCUT2D eigenvalue weighted by atomic mass is 9.75. The lowest BCUT2D eigenvalue weighted by Gasteiger charge is -2.32. The predicted octanol–water partition coefficient (Wildman–Crippen LogP) is 2.87. The molecule has 1 aromatic carbocycles. The van der Waals surface area contributed by atoms with E-state index in [2.05, 4.69) is 0 Å². The maximum atomic E-state index is 13.3. The number of likely N-dealkylation sites (tertiary alicyclic amines) is 1. The molecule has 6 heteroatoms. The van der Waals surface area contributed by atoms with Crippen LogP contribution in [0.15, 0.2) is 18.2 Å². The van der Waals surface area contributed by atoms with Gasteiger partial charge in [-0.2, -0.15) is 0 Å². The summed E-state index contributed by atoms with van der Waals surface area (Å²) in [7, 11) is -0.491. The van der Waals surface area contributed by atoms with Gasteiger partial charge in [-0.05, 0) is 65.1 Å². The summed E-state index contributed by atoms with van der Waals surface area (Å²) in [6, 6.07) is 5.62. The smallest absolute Gasteiger partial charge is 0.399 e. The van der Waals surface area contributed by atoms with Crippen molar-refractivity contribution in [2.24, 2.45) is 0 Å². The van der Waals surface area contributed by atoms with Crippen molar-refractivity contribution in [1.29, 1.82) is 0 Å². The highest BCUT2D eigenvalue weighted by atomic mass is 19.1. The number of alkyl halides is 1. The summed E-state index contributed by atoms with van der Waals surface area (Å²) < 4.78 is 25.6. The van der Waals surface area contributed by atoms with Crippen molar-refractivity contribution in [2.75, 3.05) is 13.1 Å². The van der Waals surface area contributed by atoms with Crippen molar-refractivity contribution < 1.29 is 18.5 Å². The molecule has 1 amide bonds. The Balaban J connectivity index is 1.83. The number of carbonyl (C=O) groups excluding carboxylic acids is 1. The largest absolute Gasteiger partial charge is 0.495 e. The third-order valence-corrected chi connectivity index (χ3v) is 5.75. The number of carbonyl (C=O) groups is 1. The van der Waals surface area contributed by atoms with E-state index in [0.717, 1.165) is 11.0 Å². The van der Waals surface area contributed by atoms with E-state index in [1.807, 2.05) is 52.8 Å². The van der Waals surface area contributed by atoms with Crippen molar-refractivity contribution in [3.63, 3.8) is 0 Å². The van der Waals surface area contributed by atoms with Gasteiger partial charge in [-0.15, -0.1) is 0 Å². The van der Waals surface area contributed by atoms with Crippen LogP contribution in [0, 0.1) is 6.92 Å². The summed E-state index contributed by atoms with van der Waals surface area (Å²) in [6.45, 7) is 11.0. The van der Waals surface area contributed by atoms with E-state index >= 15 is 0 Å². The Labute approximate surface area is 149 Å². The summed E-state index contributed by atoms with van der Waals surface area (Å²) in [6.07, 6.45) is 0.0472. The van der Waals surface area contributed by atoms with Gasteiger partial charge in [-0.25, -0.2) is 4.39 Å². The predicted molar refractivity (Wildman–Crippen MR) is 96.9 cm³/mol. The third kappa shape index (κ3) is 3.47. The summed E-state index contributed by atoms with van der Waals surface area (Å²) >= 11 is 0. The van der Waals surface area contributed by atoms with E-state index in [1.165, 1.54) is 0 Å². The normalized spacial score (nSPS) is 23.1. The number of rotatable bonds is 2. The fourth-order valence-corrected chi connectivity index (χ4v) is 3.23. The van der Waals surface area contributed by atoms with Crippen LogP contribution >= 0.6 is 0 Å². The zero-order chi connectivity index (χ0) is 18.4. The van der Waals surface area contributed by atoms with Crippen molar-refractivity contribution in [3.05, 3.63) is 29.3 Å². The number of aryl methyl sites for hydroxylation is 1. The molecule has 25 heavy (non-hydrogen) atoms. The van der Waals surface area contributed by atoms with E-state index in [1.54, 1.807) is 4.90 Å². The van der Waals surface area contributed by atoms with Gasteiger partial charge >= 0.3 is 7.12 Å². The van der Waals surface area contributed by atoms with Crippen LogP contribution in [0.25, 0.3) is 0 Å². The molecule has 4 nitrogen and oxygen atoms in total. The first-order valence-electron chi connectivity index (χ1n) is 9.00. The molecule has 2 aliphatic rings. The average molecular weight is 347 g/mol. The van der Waals surface area contributed by atoms with E-state index in [9.17, 15) is 9.18 Å². The maximum Gasteiger partial charge on any atom is 0.495 e. The molecule has 2 saturated heterocycles. The van der Waals surface area contributed by atoms with Gasteiger partial charge in [-0.3, -0.25) is 4.79 Å². The van der Waals surface area contributed by atoms with Crippen molar-refractivity contribution >= 4 is 18.5 Å². The summed E-state index contributed by atoms with van der Waals surface area (Å²) in [5.41, 5.74) is 1.66. The van der Waals surface area contributed by atoms with Crippen LogP contribution in [-0.2, 0) is 9.31 Å². The molecule has 0 atom stereocenters. The Morgan fingerprint density at radius 1 is 1.16 bits per heavy atom. The van der Waals surface area contributed by atoms with Gasteiger partial charge < -0.3 is 14.2 Å². The quantitative estimate of drug-likeness (QED) is 0.773. The number of benzene rings is 1. The lowest BCUT2D eigenvalue weighted by Crippen LogP contribution is -2.41. The van der Waals surface area contributed by atoms with Crippen molar-refractivity contribution in [2.45, 2.75) is 64.8 Å². The highest BCUT2D eigenvalue weighted by Crippen LogP contribution is 2.36. The first-order valence-corrected chi connectivity index (χ1v) is 9.00. The SMILES string of the molecule is Cc1ccc(C(=O)N2CCC(F)CC2)cc1B1OC(C)(C)C(C)(C)O1. The van der Waals surface area contributed by atoms with Gasteiger partial charge in [0.1, 0.15) is 6.17 Å². The third-order valence-electron chi connectivity index (χ3n) is 5.75. The average Bonchev–Trinajstić information content (AvgIpc) is 2.76. The second kappa shape index (κ2) is 6.40. The Morgan fingerprint density at radius 3 is 2.28 bits per heavy atom. The van der Waals surface area contributed by atoms with E-state index in [0.29, 0.717) is 31.5 Å². The number of halogens is 1. The summed E-state index contributed by atoms with van der Waals surface area (Å²) in [5, 5.41) is 0. The van der Waals surface area contributed by atoms with Crippen LogP contribution in [0.5, 0.6) is 0 Å². The zero-order valence-electron chi connectivity index (χ0n) is 15.8. The van der Waals surface area contributed by atoms with Gasteiger partial charge in [0.25, 0.3) is 5.91 Å². The first kappa shape index (κ1) is 18.4. The van der Waals surface area contributed by atoms with E-state index < -0.39 is 24.5 Å². The van der Waals surface area contributed by atoms with Crippen LogP contribution < -0.4 is 5.46 Å². The summed E-state index contributed by atoms with van der Waals surface area (Å²) in [5.74, 6) is -0.0512. The molecular formula is C19H27BFNO3. The Hall–Kier alpha value is -1.40. The molecule has 0 saturated carbocycles. The molecule has 2 heterocycles. The van der Waals surface area contributed by atoms with Gasteiger partial charge in [0.05, 0.1) is 11.2 Å². The fraction of sp³-hybridized carbons (Fsp3) is 0.632. The molecule has 1 aromatic rings. The number of hydrogen-bond donors (Lipinski definition) is 0. The number of piperidine rings is 1. The van der Waals surface area contributed by atoms with Crippen molar-refractivity contribution in [3.8, 4) is 0 Å². The zero-order valence-corrected chi connectivity index (χ0v) is 15.8. The molecule has 0 unspecified atom stereocenters. The molecule has 2 aliphatic heterocycles. The van der Waals surface area contributed by atoms with Crippen LogP contribution in [-0.4, -0.2) is 48.4 Å². The van der Waals surface area contributed by atoms with Gasteiger partial charge in [0, 0.05) is 18.7 Å². The minimum Gasteiger partial charge on any atom is -0.399 e. The topological polar surface area (TPSA) is 38.8 Å². The number of amides is 1. The molecule has 136 valence electrons. The Bertz CT molecular complexity index is 653. The molecule has 0 radical (unpaired) electrons. The van der Waals surface area contributed by atoms with Crippen LogP contribution in [0.3, 0.4) is 0 Å². The molecule has 3 rings (SSSR count). The van der Waals surface area contributed by atoms with Crippen LogP contribution in [0.1, 0.15) is 56.5 Å². The molecule has 2 fully saturated rings. The van der Waals surface area contributed by atoms with Crippen molar-refractivity contribution in [1.82, 2.24) is 4.90 Å². The second-order valence-corrected chi connectivity index (χ2v) is 8.13. The minimum atomic E-state index is -0.789. The first-order chi connectivity index (χ1) is 11.6. The van der Waals surface area contributed by atoms with Gasteiger partial charge in [-0.1, -0.05) is 11.6 Å². The number of nitrogens with zero attached hydrogens (tertiary/aromatic N) is 1. The standard InChI is InChI=1S/C19H27BFNO3/c1-13-6-7-14(17(23)22-10-8-15(21)9-11-22)12-16(13)20-24-18(2,3)19(4,5)25-20/h6-7,12,15H,8-11H2,1-5H3. The fourth-order valence-electron chi connectivity index (χ4n) is 3.23. The Morgan fingerprint density at radius 2 is 1.72 bits per heavy atom. The Kier molecular flexibility index (Phi) is 4.71. The molecule has 0 N–H and O–H groups in total. The maximum absolute atomic E-state index is 13.3. The van der Waals surface area contributed by atoms with E-state index in [4.69, 9.17) is 9.31 Å². The van der Waals surface area contributed by atoms with Crippen LogP contribution in [0.4, 0.5) is 4.39 Å². The lowest BCUT2D eigenvalue weighted by molar-refractivity contribution is 0.00578. The monoisotopic (exact) mass is 347 g/mol. The highest BCUT2D eigenvalue weighted by Gasteiger charge is 2.52. The molecule has 0 aliphatic carbocycles. The van der Waals surface area contributed by atoms with Crippen LogP contribution in [0.2, 0.25) is 0 Å². The minimum absolute atomic E-state index is 0.0512. The van der Waals surface area contributed by atoms with E-state index in [-0.39, 0.29) is 5.91 Å². The molecule has 0 spiro atoms. The second-order valence-electron chi connectivity index (χ2n) is 8.13. The number of hydrogen-bond acceptors (Lipinski definition) is 3. The molecule has 0 bridgehead atoms. The van der Waals surface area contributed by atoms with Gasteiger partial charge in [0.2, 0.25) is 0 Å². The van der Waals surface area contributed by atoms with Gasteiger partial charge in [0.15, 0.2) is 0 Å². The highest BCUT2D eigenvalue weighted by molar-refractivity contribution is 6.62. The summed E-state index contributed by atoms with van der Waals surface area (Å²) in [4.78, 5) is 14.5. The molecular weight excluding hydrogens is 320 g/mol. The molecule has 0 aromatic heterocycles.